The van der Waals surface area contributed by atoms with Crippen molar-refractivity contribution >= 4 is 25.9 Å². The number of hydrogen-bond donors (Lipinski definition) is 1. The zero-order chi connectivity index (χ0) is 32.0. The van der Waals surface area contributed by atoms with E-state index in [0.717, 1.165) is 23.4 Å². The van der Waals surface area contributed by atoms with E-state index < -0.39 is 31.8 Å². The van der Waals surface area contributed by atoms with E-state index in [2.05, 4.69) is 41.5 Å². The van der Waals surface area contributed by atoms with Gasteiger partial charge in [-0.25, -0.2) is 0 Å². The minimum absolute atomic E-state index is 0.0144. The number of carbonyl (C=O) groups excluding carboxylic acids is 1. The summed E-state index contributed by atoms with van der Waals surface area (Å²) in [6.07, 6.45) is 5.39. The molecule has 0 aromatic rings. The summed E-state index contributed by atoms with van der Waals surface area (Å²) in [5.74, 6) is -1.04. The standard InChI is InChI=1S/C33H59ClO7Si/c1-21(2)42(22(3)4,23(5)6)41-28-18-26(38-31(28)29-20-37-33(11,12)39-29)17-16-25(34)15-13-14-24(7)27(35)19-30(36)40-32(8,9)10/h14-15,21-23,26-29,31,35H,13,16-20H2,1-12H3/b24-14+,25-15-/t26-,27?,28-,29+,31+/m1/s1. The Hall–Kier alpha value is -0.743. The third-order valence-electron chi connectivity index (χ3n) is 8.46. The molecule has 5 atom stereocenters. The molecule has 0 aromatic heterocycles. The number of aliphatic hydroxyl groups is 1. The second-order valence-corrected chi connectivity index (χ2v) is 20.4. The quantitative estimate of drug-likeness (QED) is 0.118. The number of aliphatic hydroxyl groups excluding tert-OH is 1. The molecular formula is C33H59ClO7Si. The number of allylic oxidation sites excluding steroid dienone is 3. The van der Waals surface area contributed by atoms with Crippen LogP contribution in [0.15, 0.2) is 22.8 Å². The van der Waals surface area contributed by atoms with Crippen molar-refractivity contribution in [2.45, 2.75) is 174 Å². The van der Waals surface area contributed by atoms with Crippen LogP contribution in [-0.2, 0) is 28.2 Å². The van der Waals surface area contributed by atoms with Gasteiger partial charge in [-0.05, 0) is 83.0 Å². The zero-order valence-corrected chi connectivity index (χ0v) is 30.0. The van der Waals surface area contributed by atoms with Gasteiger partial charge in [-0.3, -0.25) is 4.79 Å². The summed E-state index contributed by atoms with van der Waals surface area (Å²) in [5.41, 5.74) is 1.58. The summed E-state index contributed by atoms with van der Waals surface area (Å²) in [4.78, 5) is 12.0. The summed E-state index contributed by atoms with van der Waals surface area (Å²) >= 11 is 6.62. The fourth-order valence-corrected chi connectivity index (χ4v) is 12.3. The van der Waals surface area contributed by atoms with Gasteiger partial charge in [0.15, 0.2) is 5.79 Å². The summed E-state index contributed by atoms with van der Waals surface area (Å²) in [6, 6.07) is 0. The minimum Gasteiger partial charge on any atom is -0.460 e. The summed E-state index contributed by atoms with van der Waals surface area (Å²) in [6.45, 7) is 25.5. The van der Waals surface area contributed by atoms with Gasteiger partial charge < -0.3 is 28.5 Å². The smallest absolute Gasteiger partial charge is 0.309 e. The van der Waals surface area contributed by atoms with Crippen molar-refractivity contribution in [3.8, 4) is 0 Å². The van der Waals surface area contributed by atoms with Gasteiger partial charge in [0, 0.05) is 11.5 Å². The molecule has 0 saturated carbocycles. The lowest BCUT2D eigenvalue weighted by molar-refractivity contribution is -0.160. The molecule has 2 fully saturated rings. The number of carbonyl (C=O) groups is 1. The molecule has 9 heteroatoms. The Bertz CT molecular complexity index is 915. The highest BCUT2D eigenvalue weighted by atomic mass is 35.5. The number of esters is 1. The molecule has 2 aliphatic heterocycles. The molecule has 0 aliphatic carbocycles. The fraction of sp³-hybridized carbons (Fsp3) is 0.848. The van der Waals surface area contributed by atoms with Crippen molar-refractivity contribution in [2.24, 2.45) is 0 Å². The first-order valence-electron chi connectivity index (χ1n) is 15.8. The third kappa shape index (κ3) is 10.7. The Morgan fingerprint density at radius 1 is 1.10 bits per heavy atom. The Balaban J connectivity index is 2.04. The van der Waals surface area contributed by atoms with Gasteiger partial charge in [0.2, 0.25) is 8.32 Å². The van der Waals surface area contributed by atoms with Crippen molar-refractivity contribution in [1.82, 2.24) is 0 Å². The molecule has 2 heterocycles. The lowest BCUT2D eigenvalue weighted by Crippen LogP contribution is -2.53. The first kappa shape index (κ1) is 37.4. The van der Waals surface area contributed by atoms with Crippen molar-refractivity contribution in [1.29, 1.82) is 0 Å². The first-order valence-corrected chi connectivity index (χ1v) is 18.3. The topological polar surface area (TPSA) is 83.5 Å². The molecule has 2 rings (SSSR count). The van der Waals surface area contributed by atoms with Crippen molar-refractivity contribution in [3.05, 3.63) is 22.8 Å². The van der Waals surface area contributed by atoms with Crippen LogP contribution >= 0.6 is 11.6 Å². The van der Waals surface area contributed by atoms with Crippen LogP contribution in [0.25, 0.3) is 0 Å². The molecule has 0 bridgehead atoms. The third-order valence-corrected chi connectivity index (χ3v) is 14.9. The molecule has 1 N–H and O–H groups in total. The van der Waals surface area contributed by atoms with Crippen LogP contribution in [0.1, 0.15) is 115 Å². The van der Waals surface area contributed by atoms with Crippen LogP contribution < -0.4 is 0 Å². The van der Waals surface area contributed by atoms with Crippen LogP contribution in [0.4, 0.5) is 0 Å². The predicted molar refractivity (Wildman–Crippen MR) is 172 cm³/mol. The normalized spacial score (nSPS) is 26.5. The average Bonchev–Trinajstić information content (AvgIpc) is 3.40. The lowest BCUT2D eigenvalue weighted by atomic mass is 10.0. The van der Waals surface area contributed by atoms with Crippen molar-refractivity contribution in [3.63, 3.8) is 0 Å². The molecule has 0 aromatic carbocycles. The molecule has 0 amide bonds. The predicted octanol–water partition coefficient (Wildman–Crippen LogP) is 8.19. The Morgan fingerprint density at radius 3 is 2.19 bits per heavy atom. The molecule has 42 heavy (non-hydrogen) atoms. The summed E-state index contributed by atoms with van der Waals surface area (Å²) < 4.78 is 31.4. The minimum atomic E-state index is -2.13. The number of rotatable bonds is 14. The van der Waals surface area contributed by atoms with E-state index in [4.69, 9.17) is 35.0 Å². The number of ether oxygens (including phenoxy) is 4. The van der Waals surface area contributed by atoms with Gasteiger partial charge in [-0.1, -0.05) is 65.3 Å². The van der Waals surface area contributed by atoms with E-state index in [1.807, 2.05) is 53.7 Å². The molecular weight excluding hydrogens is 572 g/mol. The van der Waals surface area contributed by atoms with Crippen LogP contribution in [-0.4, -0.2) is 67.9 Å². The molecule has 1 unspecified atom stereocenters. The average molecular weight is 631 g/mol. The highest BCUT2D eigenvalue weighted by Gasteiger charge is 2.52. The first-order chi connectivity index (χ1) is 19.3. The summed E-state index contributed by atoms with van der Waals surface area (Å²) in [7, 11) is -2.13. The largest absolute Gasteiger partial charge is 0.460 e. The van der Waals surface area contributed by atoms with Crippen LogP contribution in [0.2, 0.25) is 16.6 Å². The van der Waals surface area contributed by atoms with Crippen molar-refractivity contribution < 1.29 is 33.3 Å². The summed E-state index contributed by atoms with van der Waals surface area (Å²) in [5, 5.41) is 11.1. The maximum absolute atomic E-state index is 12.0. The van der Waals surface area contributed by atoms with E-state index in [1.165, 1.54) is 0 Å². The van der Waals surface area contributed by atoms with Gasteiger partial charge in [0.1, 0.15) is 17.8 Å². The molecule has 2 saturated heterocycles. The fourth-order valence-electron chi connectivity index (χ4n) is 6.55. The molecule has 2 aliphatic rings. The highest BCUT2D eigenvalue weighted by molar-refractivity contribution is 6.77. The van der Waals surface area contributed by atoms with Gasteiger partial charge in [-0.2, -0.15) is 0 Å². The van der Waals surface area contributed by atoms with Crippen LogP contribution in [0.5, 0.6) is 0 Å². The van der Waals surface area contributed by atoms with E-state index >= 15 is 0 Å². The van der Waals surface area contributed by atoms with E-state index in [1.54, 1.807) is 0 Å². The van der Waals surface area contributed by atoms with E-state index in [0.29, 0.717) is 36.1 Å². The van der Waals surface area contributed by atoms with Gasteiger partial charge in [0.05, 0.1) is 31.3 Å². The second-order valence-electron chi connectivity index (χ2n) is 14.5. The number of hydrogen-bond acceptors (Lipinski definition) is 7. The lowest BCUT2D eigenvalue weighted by Gasteiger charge is -2.45. The monoisotopic (exact) mass is 630 g/mol. The molecule has 0 spiro atoms. The van der Waals surface area contributed by atoms with E-state index in [9.17, 15) is 9.90 Å². The second kappa shape index (κ2) is 15.5. The highest BCUT2D eigenvalue weighted by Crippen LogP contribution is 2.46. The molecule has 244 valence electrons. The Labute approximate surface area is 261 Å². The molecule has 7 nitrogen and oxygen atoms in total. The maximum atomic E-state index is 12.0. The number of halogens is 1. The van der Waals surface area contributed by atoms with Gasteiger partial charge >= 0.3 is 5.97 Å². The molecule has 0 radical (unpaired) electrons. The van der Waals surface area contributed by atoms with Crippen LogP contribution in [0.3, 0.4) is 0 Å². The zero-order valence-electron chi connectivity index (χ0n) is 28.3. The Kier molecular flexibility index (Phi) is 13.8. The van der Waals surface area contributed by atoms with Gasteiger partial charge in [0.25, 0.3) is 0 Å². The van der Waals surface area contributed by atoms with E-state index in [-0.39, 0.29) is 30.8 Å². The van der Waals surface area contributed by atoms with Crippen LogP contribution in [0, 0.1) is 0 Å². The maximum Gasteiger partial charge on any atom is 0.309 e. The van der Waals surface area contributed by atoms with Crippen molar-refractivity contribution in [2.75, 3.05) is 6.61 Å². The SMILES string of the molecule is C/C(=C\C/C=C(\Cl)CC[C@@H]1C[C@@H](O[Si](C(C)C)(C(C)C)C(C)C)[C@@H]([C@@H]2COC(C)(C)O2)O1)C(O)CC(=O)OC(C)(C)C. The van der Waals surface area contributed by atoms with Gasteiger partial charge in [-0.15, -0.1) is 0 Å². The Morgan fingerprint density at radius 2 is 1.69 bits per heavy atom.